The number of rotatable bonds is 2. The number of nitrogens with two attached hydrogens (primary N) is 1. The topological polar surface area (TPSA) is 73.8 Å². The fourth-order valence-corrected chi connectivity index (χ4v) is 1.30. The fourth-order valence-electron chi connectivity index (χ4n) is 1.13. The van der Waals surface area contributed by atoms with Crippen LogP contribution < -0.4 is 5.73 Å². The summed E-state index contributed by atoms with van der Waals surface area (Å²) in [5.41, 5.74) is 6.02. The third-order valence-electron chi connectivity index (χ3n) is 1.82. The van der Waals surface area contributed by atoms with Gasteiger partial charge in [-0.15, -0.1) is 0 Å². The number of carbonyl (C=O) groups is 1. The van der Waals surface area contributed by atoms with Gasteiger partial charge in [-0.05, 0) is 12.1 Å². The molecule has 0 spiro atoms. The van der Waals surface area contributed by atoms with E-state index < -0.39 is 5.91 Å². The summed E-state index contributed by atoms with van der Waals surface area (Å²) in [5, 5.41) is 4.34. The smallest absolute Gasteiger partial charge is 0.269 e. The number of carbonyl (C=O) groups excluding carboxylic acids is 1. The first-order chi connectivity index (χ1) is 7.16. The average molecular weight is 223 g/mol. The van der Waals surface area contributed by atoms with Gasteiger partial charge in [0.1, 0.15) is 10.8 Å². The van der Waals surface area contributed by atoms with Crippen LogP contribution in [-0.4, -0.2) is 20.7 Å². The normalized spacial score (nSPS) is 10.2. The standard InChI is InChI=1S/C9H7ClN4O/c10-8-5-6(1-3-12-8)14-4-2-7(13-14)9(11)15/h1-5H,(H2,11,15). The molecule has 2 heterocycles. The predicted molar refractivity (Wildman–Crippen MR) is 54.9 cm³/mol. The van der Waals surface area contributed by atoms with Crippen molar-refractivity contribution < 1.29 is 4.79 Å². The molecule has 0 saturated carbocycles. The van der Waals surface area contributed by atoms with Crippen LogP contribution in [0.5, 0.6) is 0 Å². The lowest BCUT2D eigenvalue weighted by Crippen LogP contribution is -2.12. The number of halogens is 1. The zero-order valence-corrected chi connectivity index (χ0v) is 8.35. The number of aromatic nitrogens is 3. The van der Waals surface area contributed by atoms with E-state index in [1.165, 1.54) is 10.7 Å². The third-order valence-corrected chi connectivity index (χ3v) is 2.02. The zero-order chi connectivity index (χ0) is 10.8. The third kappa shape index (κ3) is 1.97. The maximum absolute atomic E-state index is 10.8. The highest BCUT2D eigenvalue weighted by Gasteiger charge is 2.05. The summed E-state index contributed by atoms with van der Waals surface area (Å²) >= 11 is 5.72. The van der Waals surface area contributed by atoms with Crippen molar-refractivity contribution in [2.24, 2.45) is 5.73 Å². The number of hydrogen-bond acceptors (Lipinski definition) is 3. The van der Waals surface area contributed by atoms with Crippen LogP contribution in [0.25, 0.3) is 5.69 Å². The molecule has 0 atom stereocenters. The summed E-state index contributed by atoms with van der Waals surface area (Å²) in [5.74, 6) is -0.561. The van der Waals surface area contributed by atoms with E-state index in [1.54, 1.807) is 24.5 Å². The summed E-state index contributed by atoms with van der Waals surface area (Å²) in [6.07, 6.45) is 3.19. The van der Waals surface area contributed by atoms with Crippen LogP contribution in [0.15, 0.2) is 30.6 Å². The largest absolute Gasteiger partial charge is 0.364 e. The van der Waals surface area contributed by atoms with Gasteiger partial charge in [0.2, 0.25) is 0 Å². The Morgan fingerprint density at radius 3 is 2.87 bits per heavy atom. The molecule has 2 rings (SSSR count). The fraction of sp³-hybridized carbons (Fsp3) is 0. The molecule has 0 saturated heterocycles. The maximum Gasteiger partial charge on any atom is 0.269 e. The van der Waals surface area contributed by atoms with E-state index in [-0.39, 0.29) is 5.69 Å². The average Bonchev–Trinajstić information content (AvgIpc) is 2.66. The number of nitrogens with zero attached hydrogens (tertiary/aromatic N) is 3. The molecule has 6 heteroatoms. The highest BCUT2D eigenvalue weighted by molar-refractivity contribution is 6.29. The molecule has 0 aromatic carbocycles. The molecule has 0 aliphatic carbocycles. The SMILES string of the molecule is NC(=O)c1ccn(-c2ccnc(Cl)c2)n1. The van der Waals surface area contributed by atoms with Crippen LogP contribution >= 0.6 is 11.6 Å². The predicted octanol–water partition coefficient (Wildman–Crippen LogP) is 1.02. The van der Waals surface area contributed by atoms with Crippen LogP contribution in [0.2, 0.25) is 5.15 Å². The highest BCUT2D eigenvalue weighted by atomic mass is 35.5. The Balaban J connectivity index is 2.41. The Hall–Kier alpha value is -1.88. The Labute approximate surface area is 90.5 Å². The number of amides is 1. The Morgan fingerprint density at radius 1 is 1.47 bits per heavy atom. The van der Waals surface area contributed by atoms with Crippen LogP contribution in [0.1, 0.15) is 10.5 Å². The van der Waals surface area contributed by atoms with Crippen molar-refractivity contribution in [3.63, 3.8) is 0 Å². The van der Waals surface area contributed by atoms with E-state index in [0.29, 0.717) is 5.15 Å². The second kappa shape index (κ2) is 3.70. The van der Waals surface area contributed by atoms with E-state index in [9.17, 15) is 4.79 Å². The van der Waals surface area contributed by atoms with Crippen molar-refractivity contribution in [1.82, 2.24) is 14.8 Å². The van der Waals surface area contributed by atoms with Gasteiger partial charge in [0.15, 0.2) is 0 Å². The van der Waals surface area contributed by atoms with Gasteiger partial charge in [-0.2, -0.15) is 5.10 Å². The first kappa shape index (κ1) is 9.67. The lowest BCUT2D eigenvalue weighted by atomic mass is 10.4. The molecule has 0 unspecified atom stereocenters. The summed E-state index contributed by atoms with van der Waals surface area (Å²) in [6, 6.07) is 4.90. The van der Waals surface area contributed by atoms with Gasteiger partial charge in [0, 0.05) is 18.5 Å². The van der Waals surface area contributed by atoms with E-state index in [0.717, 1.165) is 5.69 Å². The van der Waals surface area contributed by atoms with Crippen LogP contribution in [0.3, 0.4) is 0 Å². The minimum atomic E-state index is -0.561. The molecule has 0 bridgehead atoms. The number of hydrogen-bond donors (Lipinski definition) is 1. The monoisotopic (exact) mass is 222 g/mol. The van der Waals surface area contributed by atoms with Crippen molar-refractivity contribution in [3.05, 3.63) is 41.4 Å². The molecular formula is C9H7ClN4O. The summed E-state index contributed by atoms with van der Waals surface area (Å²) in [4.78, 5) is 14.7. The number of pyridine rings is 1. The Morgan fingerprint density at radius 2 is 2.27 bits per heavy atom. The minimum Gasteiger partial charge on any atom is -0.364 e. The first-order valence-corrected chi connectivity index (χ1v) is 4.52. The highest BCUT2D eigenvalue weighted by Crippen LogP contribution is 2.11. The number of primary amides is 1. The van der Waals surface area contributed by atoms with Crippen molar-refractivity contribution in [2.75, 3.05) is 0 Å². The maximum atomic E-state index is 10.8. The van der Waals surface area contributed by atoms with Crippen molar-refractivity contribution >= 4 is 17.5 Å². The molecule has 0 aliphatic heterocycles. The molecule has 2 N–H and O–H groups in total. The summed E-state index contributed by atoms with van der Waals surface area (Å²) < 4.78 is 1.51. The summed E-state index contributed by atoms with van der Waals surface area (Å²) in [7, 11) is 0. The molecule has 1 amide bonds. The second-order valence-corrected chi connectivity index (χ2v) is 3.23. The molecule has 0 aliphatic rings. The minimum absolute atomic E-state index is 0.211. The second-order valence-electron chi connectivity index (χ2n) is 2.85. The van der Waals surface area contributed by atoms with Crippen LogP contribution in [-0.2, 0) is 0 Å². The molecule has 5 nitrogen and oxygen atoms in total. The van der Waals surface area contributed by atoms with Gasteiger partial charge in [-0.1, -0.05) is 11.6 Å². The molecule has 2 aromatic heterocycles. The lowest BCUT2D eigenvalue weighted by Gasteiger charge is -1.99. The Kier molecular flexibility index (Phi) is 2.39. The molecule has 0 radical (unpaired) electrons. The van der Waals surface area contributed by atoms with Crippen molar-refractivity contribution in [2.45, 2.75) is 0 Å². The molecule has 2 aromatic rings. The van der Waals surface area contributed by atoms with Gasteiger partial charge in [-0.3, -0.25) is 4.79 Å². The molecule has 15 heavy (non-hydrogen) atoms. The quantitative estimate of drug-likeness (QED) is 0.771. The molecular weight excluding hydrogens is 216 g/mol. The van der Waals surface area contributed by atoms with Crippen molar-refractivity contribution in [1.29, 1.82) is 0 Å². The van der Waals surface area contributed by atoms with Gasteiger partial charge in [0.25, 0.3) is 5.91 Å². The van der Waals surface area contributed by atoms with E-state index in [2.05, 4.69) is 10.1 Å². The van der Waals surface area contributed by atoms with Crippen LogP contribution in [0, 0.1) is 0 Å². The zero-order valence-electron chi connectivity index (χ0n) is 7.59. The summed E-state index contributed by atoms with van der Waals surface area (Å²) in [6.45, 7) is 0. The van der Waals surface area contributed by atoms with Crippen molar-refractivity contribution in [3.8, 4) is 5.69 Å². The van der Waals surface area contributed by atoms with Gasteiger partial charge in [0.05, 0.1) is 5.69 Å². The molecule has 0 fully saturated rings. The van der Waals surface area contributed by atoms with Gasteiger partial charge < -0.3 is 5.73 Å². The van der Waals surface area contributed by atoms with Gasteiger partial charge >= 0.3 is 0 Å². The van der Waals surface area contributed by atoms with Gasteiger partial charge in [-0.25, -0.2) is 9.67 Å². The van der Waals surface area contributed by atoms with Crippen LogP contribution in [0.4, 0.5) is 0 Å². The van der Waals surface area contributed by atoms with E-state index >= 15 is 0 Å². The Bertz CT molecular complexity index is 508. The van der Waals surface area contributed by atoms with E-state index in [1.807, 2.05) is 0 Å². The van der Waals surface area contributed by atoms with E-state index in [4.69, 9.17) is 17.3 Å². The molecule has 76 valence electrons. The lowest BCUT2D eigenvalue weighted by molar-refractivity contribution is 0.0995. The first-order valence-electron chi connectivity index (χ1n) is 4.14.